The number of rotatable bonds is 6. The molecule has 1 aromatic heterocycles. The van der Waals surface area contributed by atoms with Gasteiger partial charge in [-0.3, -0.25) is 14.9 Å². The highest BCUT2D eigenvalue weighted by atomic mass is 79.9. The van der Waals surface area contributed by atoms with Crippen LogP contribution in [0.25, 0.3) is 0 Å². The Bertz CT molecular complexity index is 481. The lowest BCUT2D eigenvalue weighted by Gasteiger charge is -2.20. The number of esters is 1. The summed E-state index contributed by atoms with van der Waals surface area (Å²) in [6.45, 7) is 2.66. The number of nitrogens with zero attached hydrogens (tertiary/aromatic N) is 3. The number of carbonyl (C=O) groups excluding carboxylic acids is 1. The van der Waals surface area contributed by atoms with Crippen molar-refractivity contribution in [3.63, 3.8) is 0 Å². The summed E-state index contributed by atoms with van der Waals surface area (Å²) in [4.78, 5) is 27.4. The number of methoxy groups -OCH3 is 1. The lowest BCUT2D eigenvalue weighted by atomic mass is 10.3. The molecule has 0 aliphatic heterocycles. The Kier molecular flexibility index (Phi) is 5.68. The Morgan fingerprint density at radius 1 is 1.63 bits per heavy atom. The number of hydrogen-bond acceptors (Lipinski definition) is 6. The number of carbonyl (C=O) groups is 1. The van der Waals surface area contributed by atoms with Crippen molar-refractivity contribution in [2.75, 3.05) is 25.1 Å². The Labute approximate surface area is 118 Å². The fourth-order valence-corrected chi connectivity index (χ4v) is 1.86. The molecule has 1 rings (SSSR count). The third-order valence-electron chi connectivity index (χ3n) is 2.51. The minimum Gasteiger partial charge on any atom is -0.469 e. The maximum Gasteiger partial charge on any atom is 0.312 e. The summed E-state index contributed by atoms with van der Waals surface area (Å²) in [7, 11) is 1.30. The number of pyridine rings is 1. The van der Waals surface area contributed by atoms with Gasteiger partial charge in [-0.25, -0.2) is 4.98 Å². The third-order valence-corrected chi connectivity index (χ3v) is 2.94. The molecule has 8 heteroatoms. The molecule has 0 fully saturated rings. The van der Waals surface area contributed by atoms with Crippen molar-refractivity contribution >= 4 is 33.4 Å². The lowest BCUT2D eigenvalue weighted by Crippen LogP contribution is -2.27. The normalized spacial score (nSPS) is 10.1. The smallest absolute Gasteiger partial charge is 0.312 e. The van der Waals surface area contributed by atoms with Crippen LogP contribution in [-0.2, 0) is 9.53 Å². The molecule has 104 valence electrons. The Balaban J connectivity index is 2.97. The summed E-state index contributed by atoms with van der Waals surface area (Å²) in [5.41, 5.74) is -0.0962. The maximum absolute atomic E-state index is 11.1. The van der Waals surface area contributed by atoms with E-state index in [1.165, 1.54) is 19.4 Å². The molecular weight excluding hydrogens is 318 g/mol. The van der Waals surface area contributed by atoms with Crippen LogP contribution in [-0.4, -0.2) is 36.1 Å². The van der Waals surface area contributed by atoms with E-state index in [0.717, 1.165) is 0 Å². The van der Waals surface area contributed by atoms with E-state index in [2.05, 4.69) is 25.7 Å². The van der Waals surface area contributed by atoms with E-state index in [9.17, 15) is 14.9 Å². The van der Waals surface area contributed by atoms with E-state index in [0.29, 0.717) is 17.6 Å². The van der Waals surface area contributed by atoms with E-state index in [4.69, 9.17) is 0 Å². The van der Waals surface area contributed by atoms with Gasteiger partial charge in [0.05, 0.1) is 18.5 Å². The first kappa shape index (κ1) is 15.4. The van der Waals surface area contributed by atoms with Crippen LogP contribution in [0.5, 0.6) is 0 Å². The van der Waals surface area contributed by atoms with Crippen LogP contribution in [0.4, 0.5) is 11.5 Å². The van der Waals surface area contributed by atoms with Gasteiger partial charge < -0.3 is 9.64 Å². The van der Waals surface area contributed by atoms with E-state index < -0.39 is 4.92 Å². The van der Waals surface area contributed by atoms with Crippen molar-refractivity contribution in [1.29, 1.82) is 0 Å². The van der Waals surface area contributed by atoms with Crippen molar-refractivity contribution in [3.05, 3.63) is 26.9 Å². The highest BCUT2D eigenvalue weighted by molar-refractivity contribution is 9.10. The minimum absolute atomic E-state index is 0.0962. The first-order valence-electron chi connectivity index (χ1n) is 5.61. The zero-order chi connectivity index (χ0) is 14.4. The van der Waals surface area contributed by atoms with Gasteiger partial charge in [0.1, 0.15) is 0 Å². The van der Waals surface area contributed by atoms with Gasteiger partial charge in [0.25, 0.3) is 0 Å². The van der Waals surface area contributed by atoms with Crippen LogP contribution in [0.3, 0.4) is 0 Å². The second-order valence-electron chi connectivity index (χ2n) is 3.66. The van der Waals surface area contributed by atoms with E-state index in [1.807, 2.05) is 6.92 Å². The van der Waals surface area contributed by atoms with Crippen molar-refractivity contribution in [1.82, 2.24) is 4.98 Å². The van der Waals surface area contributed by atoms with Gasteiger partial charge in [-0.1, -0.05) is 0 Å². The maximum atomic E-state index is 11.1. The summed E-state index contributed by atoms with van der Waals surface area (Å²) in [6.07, 6.45) is 1.64. The van der Waals surface area contributed by atoms with Gasteiger partial charge in [-0.05, 0) is 22.9 Å². The van der Waals surface area contributed by atoms with E-state index in [1.54, 1.807) is 4.90 Å². The molecule has 0 N–H and O–H groups in total. The van der Waals surface area contributed by atoms with Crippen LogP contribution in [0.15, 0.2) is 16.7 Å². The molecule has 0 atom stereocenters. The molecule has 0 radical (unpaired) electrons. The predicted octanol–water partition coefficient (Wildman–Crippen LogP) is 2.14. The first-order chi connectivity index (χ1) is 8.99. The monoisotopic (exact) mass is 331 g/mol. The number of nitro groups is 1. The zero-order valence-electron chi connectivity index (χ0n) is 10.6. The van der Waals surface area contributed by atoms with Gasteiger partial charge in [0.2, 0.25) is 5.82 Å². The third kappa shape index (κ3) is 4.16. The first-order valence-corrected chi connectivity index (χ1v) is 6.40. The van der Waals surface area contributed by atoms with Gasteiger partial charge in [0.15, 0.2) is 0 Å². The largest absolute Gasteiger partial charge is 0.469 e. The second-order valence-corrected chi connectivity index (χ2v) is 4.57. The van der Waals surface area contributed by atoms with Crippen LogP contribution >= 0.6 is 15.9 Å². The summed E-state index contributed by atoms with van der Waals surface area (Å²) in [6, 6.07) is 1.39. The predicted molar refractivity (Wildman–Crippen MR) is 73.1 cm³/mol. The molecule has 0 saturated carbocycles. The van der Waals surface area contributed by atoms with Crippen molar-refractivity contribution in [2.45, 2.75) is 13.3 Å². The quantitative estimate of drug-likeness (QED) is 0.451. The zero-order valence-corrected chi connectivity index (χ0v) is 12.2. The molecule has 0 unspecified atom stereocenters. The summed E-state index contributed by atoms with van der Waals surface area (Å²) in [5, 5.41) is 11.0. The number of anilines is 1. The minimum atomic E-state index is -0.492. The molecule has 0 amide bonds. The Morgan fingerprint density at radius 3 is 2.84 bits per heavy atom. The van der Waals surface area contributed by atoms with Crippen molar-refractivity contribution in [3.8, 4) is 0 Å². The molecule has 0 saturated heterocycles. The molecule has 0 aliphatic rings. The Morgan fingerprint density at radius 2 is 2.32 bits per heavy atom. The standard InChI is InChI=1S/C11H14BrN3O4/c1-3-14(5-4-10(16)19-2)11-9(15(17)18)6-8(12)7-13-11/h6-7H,3-5H2,1-2H3. The van der Waals surface area contributed by atoms with Crippen molar-refractivity contribution < 1.29 is 14.5 Å². The molecule has 1 heterocycles. The molecular formula is C11H14BrN3O4. The van der Waals surface area contributed by atoms with E-state index >= 15 is 0 Å². The van der Waals surface area contributed by atoms with E-state index in [-0.39, 0.29) is 23.9 Å². The number of halogens is 1. The molecule has 1 aromatic rings. The van der Waals surface area contributed by atoms with Gasteiger partial charge in [-0.15, -0.1) is 0 Å². The molecule has 7 nitrogen and oxygen atoms in total. The number of aromatic nitrogens is 1. The Hall–Kier alpha value is -1.70. The van der Waals surface area contributed by atoms with Crippen molar-refractivity contribution in [2.24, 2.45) is 0 Å². The van der Waals surface area contributed by atoms with Gasteiger partial charge in [0, 0.05) is 29.8 Å². The van der Waals surface area contributed by atoms with Gasteiger partial charge in [-0.2, -0.15) is 0 Å². The molecule has 0 aromatic carbocycles. The fraction of sp³-hybridized carbons (Fsp3) is 0.455. The van der Waals surface area contributed by atoms with Crippen LogP contribution in [0.1, 0.15) is 13.3 Å². The molecule has 19 heavy (non-hydrogen) atoms. The van der Waals surface area contributed by atoms with Crippen LogP contribution < -0.4 is 4.90 Å². The highest BCUT2D eigenvalue weighted by Crippen LogP contribution is 2.28. The number of ether oxygens (including phenoxy) is 1. The molecule has 0 bridgehead atoms. The second kappa shape index (κ2) is 7.03. The molecule has 0 aliphatic carbocycles. The van der Waals surface area contributed by atoms with Gasteiger partial charge >= 0.3 is 11.7 Å². The lowest BCUT2D eigenvalue weighted by molar-refractivity contribution is -0.384. The SMILES string of the molecule is CCN(CCC(=O)OC)c1ncc(Br)cc1[N+](=O)[O-]. The van der Waals surface area contributed by atoms with Crippen LogP contribution in [0.2, 0.25) is 0 Å². The summed E-state index contributed by atoms with van der Waals surface area (Å²) >= 11 is 3.15. The summed E-state index contributed by atoms with van der Waals surface area (Å²) < 4.78 is 5.08. The average molecular weight is 332 g/mol. The highest BCUT2D eigenvalue weighted by Gasteiger charge is 2.21. The topological polar surface area (TPSA) is 85.6 Å². The van der Waals surface area contributed by atoms with Crippen LogP contribution in [0, 0.1) is 10.1 Å². The number of hydrogen-bond donors (Lipinski definition) is 0. The fourth-order valence-electron chi connectivity index (χ4n) is 1.54. The average Bonchev–Trinajstić information content (AvgIpc) is 2.40. The summed E-state index contributed by atoms with van der Waals surface area (Å²) in [5.74, 6) is -0.113. The molecule has 0 spiro atoms.